The number of aromatic amines is 1. The Morgan fingerprint density at radius 1 is 1.04 bits per heavy atom. The van der Waals surface area contributed by atoms with E-state index in [-0.39, 0.29) is 16.9 Å². The molecular weight excluding hydrogens is 325 g/mol. The van der Waals surface area contributed by atoms with Gasteiger partial charge in [-0.3, -0.25) is 14.9 Å². The first-order chi connectivity index (χ1) is 11.3. The van der Waals surface area contributed by atoms with Gasteiger partial charge in [0, 0.05) is 23.9 Å². The van der Waals surface area contributed by atoms with E-state index in [1.54, 1.807) is 0 Å². The number of rotatable bonds is 2. The Labute approximate surface area is 132 Å². The minimum Gasteiger partial charge on any atom is -0.354 e. The number of nitrogens with zero attached hydrogens (tertiary/aromatic N) is 1. The van der Waals surface area contributed by atoms with Crippen LogP contribution in [0.5, 0.6) is 0 Å². The Hall–Kier alpha value is -3.16. The van der Waals surface area contributed by atoms with E-state index in [4.69, 9.17) is 0 Å². The van der Waals surface area contributed by atoms with Crippen LogP contribution in [0.2, 0.25) is 0 Å². The molecular formula is C16H9F3N2O3. The lowest BCUT2D eigenvalue weighted by Crippen LogP contribution is -2.12. The van der Waals surface area contributed by atoms with Gasteiger partial charge in [-0.2, -0.15) is 13.2 Å². The lowest BCUT2D eigenvalue weighted by atomic mass is 10.0. The molecule has 1 N–H and O–H groups in total. The van der Waals surface area contributed by atoms with E-state index in [1.807, 2.05) is 0 Å². The van der Waals surface area contributed by atoms with Crippen LogP contribution in [-0.2, 0) is 6.18 Å². The van der Waals surface area contributed by atoms with Gasteiger partial charge in [0.05, 0.1) is 21.4 Å². The predicted octanol–water partition coefficient (Wildman–Crippen LogP) is 4.12. The summed E-state index contributed by atoms with van der Waals surface area (Å²) in [5.74, 6) is 0. The molecule has 0 saturated carbocycles. The highest BCUT2D eigenvalue weighted by Crippen LogP contribution is 2.33. The highest BCUT2D eigenvalue weighted by atomic mass is 19.4. The first kappa shape index (κ1) is 15.7. The van der Waals surface area contributed by atoms with Crippen molar-refractivity contribution in [1.82, 2.24) is 4.98 Å². The average molecular weight is 334 g/mol. The third-order valence-electron chi connectivity index (χ3n) is 3.55. The van der Waals surface area contributed by atoms with Gasteiger partial charge in [0.15, 0.2) is 5.43 Å². The van der Waals surface area contributed by atoms with Crippen LogP contribution < -0.4 is 5.43 Å². The number of nitrogens with one attached hydrogen (secondary N) is 1. The van der Waals surface area contributed by atoms with Gasteiger partial charge in [0.2, 0.25) is 0 Å². The van der Waals surface area contributed by atoms with Gasteiger partial charge in [0.1, 0.15) is 0 Å². The highest BCUT2D eigenvalue weighted by molar-refractivity contribution is 5.85. The number of pyridine rings is 1. The van der Waals surface area contributed by atoms with E-state index < -0.39 is 27.5 Å². The summed E-state index contributed by atoms with van der Waals surface area (Å²) in [4.78, 5) is 25.0. The van der Waals surface area contributed by atoms with Crippen LogP contribution >= 0.6 is 0 Å². The molecule has 0 aliphatic carbocycles. The van der Waals surface area contributed by atoms with Gasteiger partial charge in [-0.05, 0) is 29.8 Å². The monoisotopic (exact) mass is 334 g/mol. The van der Waals surface area contributed by atoms with Gasteiger partial charge in [-0.1, -0.05) is 6.07 Å². The number of hydrogen-bond donors (Lipinski definition) is 1. The number of non-ortho nitro benzene ring substituents is 1. The fraction of sp³-hybridized carbons (Fsp3) is 0.0625. The number of fused-ring (bicyclic) bond motifs is 1. The number of nitro groups is 1. The van der Waals surface area contributed by atoms with Crippen LogP contribution in [0.4, 0.5) is 18.9 Å². The third kappa shape index (κ3) is 2.73. The van der Waals surface area contributed by atoms with Gasteiger partial charge < -0.3 is 4.98 Å². The molecule has 1 aromatic heterocycles. The van der Waals surface area contributed by atoms with Gasteiger partial charge in [-0.15, -0.1) is 0 Å². The molecule has 3 rings (SSSR count). The Morgan fingerprint density at radius 2 is 1.71 bits per heavy atom. The number of hydrogen-bond acceptors (Lipinski definition) is 3. The second kappa shape index (κ2) is 5.48. The third-order valence-corrected chi connectivity index (χ3v) is 3.55. The van der Waals surface area contributed by atoms with Crippen molar-refractivity contribution in [2.75, 3.05) is 0 Å². The Kier molecular flexibility index (Phi) is 3.59. The Bertz CT molecular complexity index is 992. The molecule has 0 bridgehead atoms. The maximum Gasteiger partial charge on any atom is 0.417 e. The molecule has 3 aromatic rings. The summed E-state index contributed by atoms with van der Waals surface area (Å²) < 4.78 is 39.1. The van der Waals surface area contributed by atoms with Crippen molar-refractivity contribution in [2.45, 2.75) is 6.18 Å². The minimum atomic E-state index is -4.64. The first-order valence-corrected chi connectivity index (χ1v) is 6.75. The number of alkyl halides is 3. The predicted molar refractivity (Wildman–Crippen MR) is 81.7 cm³/mol. The van der Waals surface area contributed by atoms with Crippen molar-refractivity contribution in [3.63, 3.8) is 0 Å². The zero-order chi connectivity index (χ0) is 17.5. The summed E-state index contributed by atoms with van der Waals surface area (Å²) >= 11 is 0. The molecule has 0 saturated heterocycles. The quantitative estimate of drug-likeness (QED) is 0.566. The molecule has 2 aromatic carbocycles. The van der Waals surface area contributed by atoms with Gasteiger partial charge in [-0.25, -0.2) is 0 Å². The fourth-order valence-corrected chi connectivity index (χ4v) is 2.46. The molecule has 0 amide bonds. The summed E-state index contributed by atoms with van der Waals surface area (Å²) in [6.45, 7) is 0. The maximum atomic E-state index is 13.0. The van der Waals surface area contributed by atoms with Crippen LogP contribution in [0.15, 0.2) is 53.3 Å². The standard InChI is InChI=1S/C16H9F3N2O3/c17-16(18,19)11-2-1-3-12-15(11)14(22)8-13(20-12)9-4-6-10(7-5-9)21(23)24/h1-8H,(H,20,22). The number of aromatic nitrogens is 1. The molecule has 0 atom stereocenters. The molecule has 0 spiro atoms. The largest absolute Gasteiger partial charge is 0.417 e. The normalized spacial score (nSPS) is 11.6. The molecule has 5 nitrogen and oxygen atoms in total. The number of nitro benzene ring substituents is 1. The van der Waals surface area contributed by atoms with Crippen molar-refractivity contribution in [1.29, 1.82) is 0 Å². The summed E-state index contributed by atoms with van der Waals surface area (Å²) in [6.07, 6.45) is -4.64. The van der Waals surface area contributed by atoms with Crippen molar-refractivity contribution in [3.8, 4) is 11.3 Å². The first-order valence-electron chi connectivity index (χ1n) is 6.75. The second-order valence-corrected chi connectivity index (χ2v) is 5.08. The highest BCUT2D eigenvalue weighted by Gasteiger charge is 2.33. The SMILES string of the molecule is O=c1cc(-c2ccc([N+](=O)[O-])cc2)[nH]c2cccc(C(F)(F)F)c12. The topological polar surface area (TPSA) is 76.0 Å². The van der Waals surface area contributed by atoms with Crippen molar-refractivity contribution in [2.24, 2.45) is 0 Å². The number of H-pyrrole nitrogens is 1. The molecule has 0 unspecified atom stereocenters. The average Bonchev–Trinajstić information content (AvgIpc) is 2.53. The molecule has 24 heavy (non-hydrogen) atoms. The number of halogens is 3. The lowest BCUT2D eigenvalue weighted by Gasteiger charge is -2.11. The maximum absolute atomic E-state index is 13.0. The smallest absolute Gasteiger partial charge is 0.354 e. The summed E-state index contributed by atoms with van der Waals surface area (Å²) in [5.41, 5.74) is -1.12. The summed E-state index contributed by atoms with van der Waals surface area (Å²) in [5, 5.41) is 10.2. The molecule has 0 fully saturated rings. The van der Waals surface area contributed by atoms with Gasteiger partial charge in [0.25, 0.3) is 5.69 Å². The van der Waals surface area contributed by atoms with Crippen molar-refractivity contribution >= 4 is 16.6 Å². The van der Waals surface area contributed by atoms with E-state index in [0.29, 0.717) is 5.56 Å². The molecule has 0 aliphatic rings. The van der Waals surface area contributed by atoms with Crippen LogP contribution in [0.1, 0.15) is 5.56 Å². The number of benzene rings is 2. The fourth-order valence-electron chi connectivity index (χ4n) is 2.46. The summed E-state index contributed by atoms with van der Waals surface area (Å²) in [6, 6.07) is 9.84. The van der Waals surface area contributed by atoms with E-state index in [0.717, 1.165) is 12.1 Å². The van der Waals surface area contributed by atoms with Crippen molar-refractivity contribution in [3.05, 3.63) is 74.4 Å². The molecule has 1 heterocycles. The van der Waals surface area contributed by atoms with E-state index in [9.17, 15) is 28.1 Å². The lowest BCUT2D eigenvalue weighted by molar-refractivity contribution is -0.384. The second-order valence-electron chi connectivity index (χ2n) is 5.08. The minimum absolute atomic E-state index is 0.0469. The Morgan fingerprint density at radius 3 is 2.29 bits per heavy atom. The van der Waals surface area contributed by atoms with Crippen LogP contribution in [0.25, 0.3) is 22.2 Å². The molecule has 0 aliphatic heterocycles. The summed E-state index contributed by atoms with van der Waals surface area (Å²) in [7, 11) is 0. The zero-order valence-electron chi connectivity index (χ0n) is 11.9. The zero-order valence-corrected chi connectivity index (χ0v) is 11.9. The Balaban J connectivity index is 2.19. The van der Waals surface area contributed by atoms with Crippen molar-refractivity contribution < 1.29 is 18.1 Å². The van der Waals surface area contributed by atoms with Gasteiger partial charge >= 0.3 is 6.18 Å². The van der Waals surface area contributed by atoms with E-state index in [2.05, 4.69) is 4.98 Å². The molecule has 8 heteroatoms. The van der Waals surface area contributed by atoms with E-state index in [1.165, 1.54) is 36.4 Å². The van der Waals surface area contributed by atoms with Crippen LogP contribution in [0.3, 0.4) is 0 Å². The van der Waals surface area contributed by atoms with E-state index >= 15 is 0 Å². The molecule has 0 radical (unpaired) electrons. The van der Waals surface area contributed by atoms with Crippen LogP contribution in [-0.4, -0.2) is 9.91 Å². The van der Waals surface area contributed by atoms with Crippen LogP contribution in [0, 0.1) is 10.1 Å². The molecule has 122 valence electrons.